The lowest BCUT2D eigenvalue weighted by Crippen LogP contribution is -2.45. The Kier molecular flexibility index (Phi) is 2.96. The van der Waals surface area contributed by atoms with Gasteiger partial charge >= 0.3 is 0 Å². The molecule has 0 saturated carbocycles. The Bertz CT molecular complexity index is 760. The van der Waals surface area contributed by atoms with Gasteiger partial charge in [-0.2, -0.15) is 0 Å². The summed E-state index contributed by atoms with van der Waals surface area (Å²) < 4.78 is 0. The highest BCUT2D eigenvalue weighted by Crippen LogP contribution is 2.33. The zero-order valence-electron chi connectivity index (χ0n) is 11.6. The minimum atomic E-state index is 0.202. The van der Waals surface area contributed by atoms with E-state index in [0.717, 1.165) is 48.1 Å². The van der Waals surface area contributed by atoms with Crippen molar-refractivity contribution in [2.45, 2.75) is 12.8 Å². The Morgan fingerprint density at radius 2 is 2.00 bits per heavy atom. The van der Waals surface area contributed by atoms with Crippen LogP contribution in [0.15, 0.2) is 36.0 Å². The van der Waals surface area contributed by atoms with E-state index in [1.54, 1.807) is 0 Å². The first-order valence-electron chi connectivity index (χ1n) is 7.28. The van der Waals surface area contributed by atoms with Gasteiger partial charge in [0.2, 0.25) is 0 Å². The number of benzene rings is 1. The molecule has 1 aromatic heterocycles. The maximum absolute atomic E-state index is 12.4. The van der Waals surface area contributed by atoms with Crippen LogP contribution < -0.4 is 0 Å². The van der Waals surface area contributed by atoms with E-state index >= 15 is 0 Å². The lowest BCUT2D eigenvalue weighted by Gasteiger charge is -2.41. The van der Waals surface area contributed by atoms with E-state index in [2.05, 4.69) is 9.88 Å². The summed E-state index contributed by atoms with van der Waals surface area (Å²) in [5.74, 6) is 0.463. The fourth-order valence-corrected chi connectivity index (χ4v) is 3.47. The summed E-state index contributed by atoms with van der Waals surface area (Å²) in [6.45, 7) is 1.95. The van der Waals surface area contributed by atoms with Gasteiger partial charge < -0.3 is 4.90 Å². The highest BCUT2D eigenvalue weighted by Gasteiger charge is 2.36. The number of halogens is 1. The lowest BCUT2D eigenvalue weighted by atomic mass is 9.84. The number of nitrogens with zero attached hydrogens (tertiary/aromatic N) is 2. The van der Waals surface area contributed by atoms with Gasteiger partial charge in [-0.25, -0.2) is 4.98 Å². The van der Waals surface area contributed by atoms with Crippen LogP contribution in [0.3, 0.4) is 0 Å². The number of rotatable bonds is 1. The van der Waals surface area contributed by atoms with Crippen LogP contribution in [0.25, 0.3) is 17.0 Å². The zero-order chi connectivity index (χ0) is 14.4. The second-order valence-corrected chi connectivity index (χ2v) is 6.07. The number of allylic oxidation sites excluding steroid dienone is 1. The number of fused-ring (bicyclic) bond motifs is 4. The van der Waals surface area contributed by atoms with Crippen molar-refractivity contribution in [3.8, 4) is 0 Å². The molecule has 4 heteroatoms. The maximum atomic E-state index is 12.4. The minimum absolute atomic E-state index is 0.202. The van der Waals surface area contributed by atoms with E-state index in [-0.39, 0.29) is 11.7 Å². The molecule has 0 radical (unpaired) electrons. The van der Waals surface area contributed by atoms with Crippen LogP contribution >= 0.6 is 11.6 Å². The average molecular weight is 299 g/mol. The smallest absolute Gasteiger partial charge is 0.182 e. The van der Waals surface area contributed by atoms with Crippen LogP contribution in [0.5, 0.6) is 0 Å². The van der Waals surface area contributed by atoms with Crippen molar-refractivity contribution in [3.05, 3.63) is 46.7 Å². The molecule has 0 atom stereocenters. The van der Waals surface area contributed by atoms with E-state index in [1.165, 1.54) is 0 Å². The molecule has 2 bridgehead atoms. The van der Waals surface area contributed by atoms with Crippen molar-refractivity contribution < 1.29 is 4.79 Å². The number of aromatic nitrogens is 1. The largest absolute Gasteiger partial charge is 0.369 e. The van der Waals surface area contributed by atoms with E-state index in [4.69, 9.17) is 11.6 Å². The highest BCUT2D eigenvalue weighted by atomic mass is 35.5. The predicted octanol–water partition coefficient (Wildman–Crippen LogP) is 3.52. The molecule has 1 aromatic carbocycles. The molecule has 5 rings (SSSR count). The van der Waals surface area contributed by atoms with Gasteiger partial charge in [-0.1, -0.05) is 29.8 Å². The van der Waals surface area contributed by atoms with Crippen molar-refractivity contribution in [1.82, 2.24) is 9.88 Å². The maximum Gasteiger partial charge on any atom is 0.182 e. The molecule has 106 valence electrons. The first kappa shape index (κ1) is 12.8. The zero-order valence-corrected chi connectivity index (χ0v) is 12.3. The van der Waals surface area contributed by atoms with Gasteiger partial charge in [-0.15, -0.1) is 0 Å². The van der Waals surface area contributed by atoms with Crippen LogP contribution in [-0.2, 0) is 4.79 Å². The fraction of sp³-hybridized carbons (Fsp3) is 0.294. The molecule has 0 unspecified atom stereocenters. The van der Waals surface area contributed by atoms with E-state index in [9.17, 15) is 4.79 Å². The molecular weight excluding hydrogens is 284 g/mol. The van der Waals surface area contributed by atoms with Gasteiger partial charge in [0, 0.05) is 30.0 Å². The number of pyridine rings is 1. The number of hydrogen-bond donors (Lipinski definition) is 0. The van der Waals surface area contributed by atoms with Crippen LogP contribution in [-0.4, -0.2) is 28.8 Å². The lowest BCUT2D eigenvalue weighted by molar-refractivity contribution is -0.125. The SMILES string of the molecule is O=C1/C(=C/c2cc3ccccc3nc2Cl)N2CCC1CC2. The van der Waals surface area contributed by atoms with Crippen LogP contribution in [0.4, 0.5) is 0 Å². The molecule has 3 saturated heterocycles. The normalized spacial score (nSPS) is 20.7. The number of piperidine rings is 3. The third-order valence-electron chi connectivity index (χ3n) is 4.46. The Hall–Kier alpha value is -1.87. The number of ketones is 1. The molecule has 0 aliphatic carbocycles. The van der Waals surface area contributed by atoms with Gasteiger partial charge in [-0.3, -0.25) is 4.79 Å². The average Bonchev–Trinajstić information content (AvgIpc) is 2.51. The molecule has 0 amide bonds. The molecule has 21 heavy (non-hydrogen) atoms. The van der Waals surface area contributed by atoms with Crippen molar-refractivity contribution in [3.63, 3.8) is 0 Å². The summed E-state index contributed by atoms with van der Waals surface area (Å²) in [6.07, 6.45) is 3.88. The molecule has 4 heterocycles. The number of hydrogen-bond acceptors (Lipinski definition) is 3. The number of carbonyl (C=O) groups excluding carboxylic acids is 1. The molecule has 3 aliphatic rings. The second-order valence-electron chi connectivity index (χ2n) is 5.72. The number of para-hydroxylation sites is 1. The van der Waals surface area contributed by atoms with Gasteiger partial charge in [0.1, 0.15) is 5.15 Å². The van der Waals surface area contributed by atoms with Crippen LogP contribution in [0, 0.1) is 5.92 Å². The van der Waals surface area contributed by atoms with Crippen molar-refractivity contribution in [1.29, 1.82) is 0 Å². The molecule has 3 aliphatic heterocycles. The third kappa shape index (κ3) is 2.12. The van der Waals surface area contributed by atoms with Crippen molar-refractivity contribution in [2.24, 2.45) is 5.92 Å². The quantitative estimate of drug-likeness (QED) is 0.596. The van der Waals surface area contributed by atoms with E-state index in [1.807, 2.05) is 36.4 Å². The van der Waals surface area contributed by atoms with Gasteiger partial charge in [0.25, 0.3) is 0 Å². The summed E-state index contributed by atoms with van der Waals surface area (Å²) in [6, 6.07) is 9.88. The van der Waals surface area contributed by atoms with Gasteiger partial charge in [0.05, 0.1) is 11.2 Å². The van der Waals surface area contributed by atoms with Crippen molar-refractivity contribution >= 4 is 34.4 Å². The van der Waals surface area contributed by atoms with Gasteiger partial charge in [-0.05, 0) is 31.1 Å². The standard InChI is InChI=1S/C17H15ClN2O/c18-17-13(9-12-3-1-2-4-14(12)19-17)10-15-16(21)11-5-7-20(15)8-6-11/h1-4,9-11H,5-8H2/b15-10-. The monoisotopic (exact) mass is 298 g/mol. The Balaban J connectivity index is 1.81. The van der Waals surface area contributed by atoms with Crippen LogP contribution in [0.1, 0.15) is 18.4 Å². The summed E-state index contributed by atoms with van der Waals surface area (Å²) in [4.78, 5) is 19.0. The number of carbonyl (C=O) groups is 1. The predicted molar refractivity (Wildman–Crippen MR) is 84.0 cm³/mol. The Labute approximate surface area is 128 Å². The van der Waals surface area contributed by atoms with E-state index in [0.29, 0.717) is 5.15 Å². The Morgan fingerprint density at radius 1 is 1.24 bits per heavy atom. The second kappa shape index (κ2) is 4.85. The molecule has 0 spiro atoms. The molecule has 3 fully saturated rings. The topological polar surface area (TPSA) is 33.2 Å². The first-order valence-corrected chi connectivity index (χ1v) is 7.66. The molecule has 0 N–H and O–H groups in total. The Morgan fingerprint density at radius 3 is 2.76 bits per heavy atom. The summed E-state index contributed by atoms with van der Waals surface area (Å²) in [5.41, 5.74) is 2.50. The fourth-order valence-electron chi connectivity index (χ4n) is 3.27. The summed E-state index contributed by atoms with van der Waals surface area (Å²) >= 11 is 6.29. The van der Waals surface area contributed by atoms with E-state index < -0.39 is 0 Å². The summed E-state index contributed by atoms with van der Waals surface area (Å²) in [5, 5.41) is 1.49. The summed E-state index contributed by atoms with van der Waals surface area (Å²) in [7, 11) is 0. The van der Waals surface area contributed by atoms with Gasteiger partial charge in [0.15, 0.2) is 5.78 Å². The third-order valence-corrected chi connectivity index (χ3v) is 4.76. The van der Waals surface area contributed by atoms with Crippen molar-refractivity contribution in [2.75, 3.05) is 13.1 Å². The minimum Gasteiger partial charge on any atom is -0.369 e. The molecular formula is C17H15ClN2O. The first-order chi connectivity index (χ1) is 10.2. The molecule has 3 nitrogen and oxygen atoms in total. The van der Waals surface area contributed by atoms with Crippen LogP contribution in [0.2, 0.25) is 5.15 Å². The number of Topliss-reactive ketones (excluding diaryl/α,β-unsaturated/α-hetero) is 1. The highest BCUT2D eigenvalue weighted by molar-refractivity contribution is 6.31. The molecule has 2 aromatic rings.